The third-order valence-corrected chi connectivity index (χ3v) is 7.21. The summed E-state index contributed by atoms with van der Waals surface area (Å²) < 4.78 is 13.7. The summed E-state index contributed by atoms with van der Waals surface area (Å²) in [5, 5.41) is 6.44. The Balaban J connectivity index is 1.17. The van der Waals surface area contributed by atoms with Gasteiger partial charge < -0.3 is 29.6 Å². The van der Waals surface area contributed by atoms with Gasteiger partial charge in [0, 0.05) is 48.8 Å². The van der Waals surface area contributed by atoms with E-state index >= 15 is 0 Å². The summed E-state index contributed by atoms with van der Waals surface area (Å²) in [6, 6.07) is 10.4. The van der Waals surface area contributed by atoms with Crippen molar-refractivity contribution in [1.29, 1.82) is 0 Å². The molecule has 4 aromatic rings. The van der Waals surface area contributed by atoms with E-state index in [1.54, 1.807) is 48.8 Å². The van der Waals surface area contributed by atoms with E-state index in [1.807, 2.05) is 30.1 Å². The molecule has 1 aromatic carbocycles. The molecule has 6 heterocycles. The zero-order chi connectivity index (χ0) is 25.8. The van der Waals surface area contributed by atoms with Crippen LogP contribution in [-0.2, 0) is 11.8 Å². The first-order valence-electron chi connectivity index (χ1n) is 12.4. The van der Waals surface area contributed by atoms with Crippen molar-refractivity contribution in [3.8, 4) is 5.75 Å². The van der Waals surface area contributed by atoms with Gasteiger partial charge in [0.15, 0.2) is 5.76 Å². The highest BCUT2D eigenvalue weighted by molar-refractivity contribution is 6.16. The van der Waals surface area contributed by atoms with Gasteiger partial charge in [-0.3, -0.25) is 9.78 Å². The number of carbonyl (C=O) groups excluding carboxylic acids is 2. The molecule has 0 saturated carbocycles. The van der Waals surface area contributed by atoms with Gasteiger partial charge in [0.2, 0.25) is 5.78 Å². The van der Waals surface area contributed by atoms with Gasteiger partial charge in [-0.2, -0.15) is 0 Å². The monoisotopic (exact) mass is 508 g/mol. The molecule has 190 valence electrons. The highest BCUT2D eigenvalue weighted by atomic mass is 16.5. The SMILES string of the molecule is Cn1cc(/C=C2\Oc3ccc(NC(=O)Nc4cccnc4)cc3C2=O)c2c(N3CC4CC3CO4)ccnc21. The molecular formula is C28H24N6O4. The molecule has 2 fully saturated rings. The molecule has 0 radical (unpaired) electrons. The zero-order valence-corrected chi connectivity index (χ0v) is 20.5. The van der Waals surface area contributed by atoms with Gasteiger partial charge in [-0.25, -0.2) is 9.78 Å². The lowest BCUT2D eigenvalue weighted by atomic mass is 10.1. The Hall–Kier alpha value is -4.70. The second kappa shape index (κ2) is 8.70. The standard InChI is InChI=1S/C28H24N6O4/c1-33-13-16(25-22(6-8-30-27(25)33)34-14-20-11-19(34)15-37-20)9-24-26(35)21-10-17(4-5-23(21)38-24)31-28(36)32-18-3-2-7-29-12-18/h2-10,12-13,19-20H,11,14-15H2,1H3,(H2,31,32,36)/b24-9-. The van der Waals surface area contributed by atoms with Gasteiger partial charge in [0.05, 0.1) is 41.9 Å². The van der Waals surface area contributed by atoms with Crippen LogP contribution in [-0.4, -0.2) is 51.6 Å². The van der Waals surface area contributed by atoms with Crippen LogP contribution in [0.5, 0.6) is 5.75 Å². The van der Waals surface area contributed by atoms with Crippen LogP contribution in [0.3, 0.4) is 0 Å². The van der Waals surface area contributed by atoms with Crippen LogP contribution < -0.4 is 20.3 Å². The number of nitrogens with one attached hydrogen (secondary N) is 2. The smallest absolute Gasteiger partial charge is 0.323 e. The zero-order valence-electron chi connectivity index (χ0n) is 20.5. The fraction of sp³-hybridized carbons (Fsp3) is 0.214. The van der Waals surface area contributed by atoms with E-state index in [2.05, 4.69) is 25.5 Å². The van der Waals surface area contributed by atoms with E-state index in [9.17, 15) is 9.59 Å². The van der Waals surface area contributed by atoms with Crippen LogP contribution >= 0.6 is 0 Å². The molecule has 2 atom stereocenters. The van der Waals surface area contributed by atoms with E-state index < -0.39 is 6.03 Å². The van der Waals surface area contributed by atoms with E-state index in [-0.39, 0.29) is 17.6 Å². The lowest BCUT2D eigenvalue weighted by Gasteiger charge is -2.29. The van der Waals surface area contributed by atoms with Crippen molar-refractivity contribution < 1.29 is 19.1 Å². The molecule has 3 aliphatic rings. The number of Topliss-reactive ketones (excluding diaryl/α,β-unsaturated/α-hetero) is 1. The molecule has 2 amide bonds. The summed E-state index contributed by atoms with van der Waals surface area (Å²) in [5.74, 6) is 0.435. The molecule has 2 unspecified atom stereocenters. The van der Waals surface area contributed by atoms with Crippen molar-refractivity contribution in [2.24, 2.45) is 7.05 Å². The van der Waals surface area contributed by atoms with Gasteiger partial charge in [-0.1, -0.05) is 0 Å². The second-order valence-corrected chi connectivity index (χ2v) is 9.69. The van der Waals surface area contributed by atoms with E-state index in [1.165, 1.54) is 0 Å². The predicted molar refractivity (Wildman–Crippen MR) is 142 cm³/mol. The summed E-state index contributed by atoms with van der Waals surface area (Å²) in [4.78, 5) is 36.7. The number of anilines is 3. The minimum Gasteiger partial charge on any atom is -0.452 e. The number of fused-ring (bicyclic) bond motifs is 4. The summed E-state index contributed by atoms with van der Waals surface area (Å²) >= 11 is 0. The summed E-state index contributed by atoms with van der Waals surface area (Å²) in [6.07, 6.45) is 10.0. The molecule has 3 aliphatic heterocycles. The number of morpholine rings is 1. The molecule has 10 nitrogen and oxygen atoms in total. The summed E-state index contributed by atoms with van der Waals surface area (Å²) in [6.45, 7) is 1.57. The molecule has 2 N–H and O–H groups in total. The van der Waals surface area contributed by atoms with E-state index in [0.717, 1.165) is 41.9 Å². The number of nitrogens with zero attached hydrogens (tertiary/aromatic N) is 4. The Bertz CT molecular complexity index is 1630. The Labute approximate surface area is 217 Å². The van der Waals surface area contributed by atoms with Gasteiger partial charge in [0.1, 0.15) is 11.4 Å². The maximum Gasteiger partial charge on any atom is 0.323 e. The van der Waals surface area contributed by atoms with Gasteiger partial charge >= 0.3 is 6.03 Å². The summed E-state index contributed by atoms with van der Waals surface area (Å²) in [7, 11) is 1.95. The molecule has 2 bridgehead atoms. The lowest BCUT2D eigenvalue weighted by molar-refractivity contribution is 0.0992. The van der Waals surface area contributed by atoms with Crippen LogP contribution in [0.2, 0.25) is 0 Å². The van der Waals surface area contributed by atoms with Crippen molar-refractivity contribution in [2.45, 2.75) is 18.6 Å². The first-order valence-corrected chi connectivity index (χ1v) is 12.4. The van der Waals surface area contributed by atoms with Crippen molar-refractivity contribution in [3.05, 3.63) is 78.1 Å². The average molecular weight is 509 g/mol. The Morgan fingerprint density at radius 2 is 2.05 bits per heavy atom. The topological polar surface area (TPSA) is 111 Å². The minimum atomic E-state index is -0.433. The third kappa shape index (κ3) is 3.77. The normalized spacial score (nSPS) is 20.7. The van der Waals surface area contributed by atoms with Gasteiger partial charge in [0.25, 0.3) is 0 Å². The quantitative estimate of drug-likeness (QED) is 0.398. The fourth-order valence-electron chi connectivity index (χ4n) is 5.50. The number of amides is 2. The van der Waals surface area contributed by atoms with Crippen molar-refractivity contribution >= 4 is 46.0 Å². The Kier molecular flexibility index (Phi) is 5.15. The average Bonchev–Trinajstić information content (AvgIpc) is 3.69. The first kappa shape index (κ1) is 22.5. The number of ketones is 1. The maximum atomic E-state index is 13.3. The third-order valence-electron chi connectivity index (χ3n) is 7.21. The number of hydrogen-bond acceptors (Lipinski definition) is 7. The molecule has 0 spiro atoms. The molecule has 0 aliphatic carbocycles. The fourth-order valence-corrected chi connectivity index (χ4v) is 5.50. The van der Waals surface area contributed by atoms with Crippen LogP contribution in [0, 0.1) is 0 Å². The van der Waals surface area contributed by atoms with Crippen molar-refractivity contribution in [3.63, 3.8) is 0 Å². The number of allylic oxidation sites excluding steroid dienone is 1. The number of aryl methyl sites for hydroxylation is 1. The predicted octanol–water partition coefficient (Wildman–Crippen LogP) is 4.21. The number of aromatic nitrogens is 3. The first-order chi connectivity index (χ1) is 18.5. The number of hydrogen-bond donors (Lipinski definition) is 2. The minimum absolute atomic E-state index is 0.227. The van der Waals surface area contributed by atoms with E-state index in [0.29, 0.717) is 28.7 Å². The Morgan fingerprint density at radius 1 is 1.16 bits per heavy atom. The number of pyridine rings is 2. The number of rotatable bonds is 4. The molecule has 7 rings (SSSR count). The highest BCUT2D eigenvalue weighted by Gasteiger charge is 2.40. The Morgan fingerprint density at radius 3 is 2.84 bits per heavy atom. The van der Waals surface area contributed by atoms with Crippen molar-refractivity contribution in [1.82, 2.24) is 14.5 Å². The lowest BCUT2D eigenvalue weighted by Crippen LogP contribution is -2.37. The molecular weight excluding hydrogens is 484 g/mol. The molecule has 3 aromatic heterocycles. The van der Waals surface area contributed by atoms with Crippen LogP contribution in [0.4, 0.5) is 21.9 Å². The van der Waals surface area contributed by atoms with Gasteiger partial charge in [-0.15, -0.1) is 0 Å². The number of benzene rings is 1. The van der Waals surface area contributed by atoms with Crippen LogP contribution in [0.1, 0.15) is 22.3 Å². The molecule has 38 heavy (non-hydrogen) atoms. The van der Waals surface area contributed by atoms with Crippen LogP contribution in [0.15, 0.2) is 66.9 Å². The van der Waals surface area contributed by atoms with Crippen LogP contribution in [0.25, 0.3) is 17.1 Å². The highest BCUT2D eigenvalue weighted by Crippen LogP contribution is 2.40. The summed E-state index contributed by atoms with van der Waals surface area (Å²) in [5.41, 5.74) is 4.22. The van der Waals surface area contributed by atoms with E-state index in [4.69, 9.17) is 9.47 Å². The maximum absolute atomic E-state index is 13.3. The molecule has 2 saturated heterocycles. The number of urea groups is 1. The van der Waals surface area contributed by atoms with Crippen molar-refractivity contribution in [2.75, 3.05) is 28.7 Å². The van der Waals surface area contributed by atoms with Gasteiger partial charge in [-0.05, 0) is 48.9 Å². The largest absolute Gasteiger partial charge is 0.452 e. The number of ether oxygens (including phenoxy) is 2. The molecule has 10 heteroatoms. The number of carbonyl (C=O) groups is 2. The second-order valence-electron chi connectivity index (χ2n) is 9.69.